The van der Waals surface area contributed by atoms with E-state index >= 15 is 0 Å². The normalized spacial score (nSPS) is 13.0. The fourth-order valence-corrected chi connectivity index (χ4v) is 1.65. The minimum atomic E-state index is -0.479. The van der Waals surface area contributed by atoms with Crippen molar-refractivity contribution in [1.29, 1.82) is 0 Å². The minimum absolute atomic E-state index is 0.0967. The second-order valence-corrected chi connectivity index (χ2v) is 6.03. The Labute approximate surface area is 121 Å². The standard InChI is InChI=1S/C16H26N2O2/c1-16(2,3)14(17)15(19)18-10-7-11-20-12-13-8-5-4-6-9-13/h4-6,8-9,14H,7,10-12,17H2,1-3H3,(H,18,19)/t14-/m0/s1. The summed E-state index contributed by atoms with van der Waals surface area (Å²) in [7, 11) is 0. The van der Waals surface area contributed by atoms with Crippen molar-refractivity contribution in [1.82, 2.24) is 5.32 Å². The van der Waals surface area contributed by atoms with E-state index in [1.165, 1.54) is 0 Å². The van der Waals surface area contributed by atoms with Crippen molar-refractivity contribution < 1.29 is 9.53 Å². The first-order valence-corrected chi connectivity index (χ1v) is 7.06. The van der Waals surface area contributed by atoms with Crippen molar-refractivity contribution >= 4 is 5.91 Å². The van der Waals surface area contributed by atoms with E-state index in [1.807, 2.05) is 51.1 Å². The van der Waals surface area contributed by atoms with E-state index in [1.54, 1.807) is 0 Å². The van der Waals surface area contributed by atoms with Crippen LogP contribution in [-0.2, 0) is 16.1 Å². The third-order valence-corrected chi connectivity index (χ3v) is 3.09. The Morgan fingerprint density at radius 1 is 1.30 bits per heavy atom. The molecule has 1 atom stereocenters. The van der Waals surface area contributed by atoms with Gasteiger partial charge in [0.25, 0.3) is 0 Å². The molecule has 0 aromatic heterocycles. The van der Waals surface area contributed by atoms with E-state index in [9.17, 15) is 4.79 Å². The molecule has 0 spiro atoms. The Bertz CT molecular complexity index is 399. The highest BCUT2D eigenvalue weighted by atomic mass is 16.5. The number of ether oxygens (including phenoxy) is 1. The molecular weight excluding hydrogens is 252 g/mol. The van der Waals surface area contributed by atoms with Crippen LogP contribution < -0.4 is 11.1 Å². The van der Waals surface area contributed by atoms with Gasteiger partial charge in [-0.2, -0.15) is 0 Å². The molecule has 1 rings (SSSR count). The monoisotopic (exact) mass is 278 g/mol. The zero-order chi connectivity index (χ0) is 15.0. The minimum Gasteiger partial charge on any atom is -0.377 e. The third-order valence-electron chi connectivity index (χ3n) is 3.09. The third kappa shape index (κ3) is 6.17. The number of carbonyl (C=O) groups is 1. The first-order chi connectivity index (χ1) is 9.41. The number of nitrogens with two attached hydrogens (primary N) is 1. The van der Waals surface area contributed by atoms with Gasteiger partial charge in [0.05, 0.1) is 12.6 Å². The maximum absolute atomic E-state index is 11.8. The van der Waals surface area contributed by atoms with Gasteiger partial charge in [0, 0.05) is 13.2 Å². The molecule has 112 valence electrons. The molecule has 4 nitrogen and oxygen atoms in total. The average Bonchev–Trinajstić information content (AvgIpc) is 2.41. The van der Waals surface area contributed by atoms with E-state index in [2.05, 4.69) is 5.32 Å². The molecular formula is C16H26N2O2. The van der Waals surface area contributed by atoms with Crippen LogP contribution in [0.3, 0.4) is 0 Å². The zero-order valence-electron chi connectivity index (χ0n) is 12.7. The molecule has 0 aliphatic heterocycles. The molecule has 4 heteroatoms. The number of amides is 1. The Morgan fingerprint density at radius 2 is 1.95 bits per heavy atom. The van der Waals surface area contributed by atoms with Crippen LogP contribution in [-0.4, -0.2) is 25.1 Å². The molecule has 0 aliphatic rings. The van der Waals surface area contributed by atoms with Crippen molar-refractivity contribution in [3.63, 3.8) is 0 Å². The van der Waals surface area contributed by atoms with Crippen LogP contribution in [0.5, 0.6) is 0 Å². The summed E-state index contributed by atoms with van der Waals surface area (Å²) in [5.41, 5.74) is 6.81. The van der Waals surface area contributed by atoms with E-state index in [0.717, 1.165) is 12.0 Å². The van der Waals surface area contributed by atoms with Crippen molar-refractivity contribution in [2.24, 2.45) is 11.1 Å². The lowest BCUT2D eigenvalue weighted by molar-refractivity contribution is -0.124. The number of rotatable bonds is 7. The maximum atomic E-state index is 11.8. The molecule has 0 fully saturated rings. The van der Waals surface area contributed by atoms with Gasteiger partial charge in [-0.05, 0) is 17.4 Å². The lowest BCUT2D eigenvalue weighted by Crippen LogP contribution is -2.48. The van der Waals surface area contributed by atoms with Gasteiger partial charge < -0.3 is 15.8 Å². The molecule has 3 N–H and O–H groups in total. The van der Waals surface area contributed by atoms with E-state index in [-0.39, 0.29) is 11.3 Å². The van der Waals surface area contributed by atoms with Gasteiger partial charge in [0.15, 0.2) is 0 Å². The average molecular weight is 278 g/mol. The predicted molar refractivity (Wildman–Crippen MR) is 81.2 cm³/mol. The molecule has 0 radical (unpaired) electrons. The summed E-state index contributed by atoms with van der Waals surface area (Å²) < 4.78 is 5.55. The number of nitrogens with one attached hydrogen (secondary N) is 1. The van der Waals surface area contributed by atoms with Crippen LogP contribution >= 0.6 is 0 Å². The summed E-state index contributed by atoms with van der Waals surface area (Å²) in [6.07, 6.45) is 0.787. The topological polar surface area (TPSA) is 64.4 Å². The lowest BCUT2D eigenvalue weighted by atomic mass is 9.87. The van der Waals surface area contributed by atoms with Crippen LogP contribution in [0.4, 0.5) is 0 Å². The Hall–Kier alpha value is -1.39. The van der Waals surface area contributed by atoms with Crippen LogP contribution in [0.1, 0.15) is 32.8 Å². The van der Waals surface area contributed by atoms with E-state index < -0.39 is 6.04 Å². The fourth-order valence-electron chi connectivity index (χ4n) is 1.65. The Kier molecular flexibility index (Phi) is 6.68. The van der Waals surface area contributed by atoms with Crippen molar-refractivity contribution in [2.45, 2.75) is 39.8 Å². The predicted octanol–water partition coefficient (Wildman–Crippen LogP) is 2.08. The zero-order valence-corrected chi connectivity index (χ0v) is 12.7. The van der Waals surface area contributed by atoms with Crippen LogP contribution in [0.2, 0.25) is 0 Å². The summed E-state index contributed by atoms with van der Waals surface area (Å²) in [4.78, 5) is 11.8. The molecule has 0 saturated carbocycles. The first-order valence-electron chi connectivity index (χ1n) is 7.06. The lowest BCUT2D eigenvalue weighted by Gasteiger charge is -2.25. The number of hydrogen-bond donors (Lipinski definition) is 2. The SMILES string of the molecule is CC(C)(C)[C@@H](N)C(=O)NCCCOCc1ccccc1. The number of benzene rings is 1. The molecule has 0 bridgehead atoms. The summed E-state index contributed by atoms with van der Waals surface area (Å²) in [6, 6.07) is 9.55. The molecule has 0 heterocycles. The molecule has 0 saturated heterocycles. The van der Waals surface area contributed by atoms with Crippen LogP contribution in [0, 0.1) is 5.41 Å². The molecule has 1 amide bonds. The summed E-state index contributed by atoms with van der Waals surface area (Å²) in [5.74, 6) is -0.0967. The van der Waals surface area contributed by atoms with Gasteiger partial charge in [-0.3, -0.25) is 4.79 Å². The molecule has 1 aromatic rings. The first kappa shape index (κ1) is 16.7. The van der Waals surface area contributed by atoms with Gasteiger partial charge in [-0.25, -0.2) is 0 Å². The fraction of sp³-hybridized carbons (Fsp3) is 0.562. The second-order valence-electron chi connectivity index (χ2n) is 6.03. The van der Waals surface area contributed by atoms with Gasteiger partial charge >= 0.3 is 0 Å². The largest absolute Gasteiger partial charge is 0.377 e. The van der Waals surface area contributed by atoms with Crippen molar-refractivity contribution in [3.8, 4) is 0 Å². The van der Waals surface area contributed by atoms with Gasteiger partial charge in [-0.15, -0.1) is 0 Å². The van der Waals surface area contributed by atoms with Gasteiger partial charge in [0.2, 0.25) is 5.91 Å². The molecule has 20 heavy (non-hydrogen) atoms. The van der Waals surface area contributed by atoms with Crippen molar-refractivity contribution in [2.75, 3.05) is 13.2 Å². The maximum Gasteiger partial charge on any atom is 0.237 e. The Balaban J connectivity index is 2.09. The Morgan fingerprint density at radius 3 is 2.55 bits per heavy atom. The second kappa shape index (κ2) is 8.02. The summed E-state index contributed by atoms with van der Waals surface area (Å²) in [6.45, 7) is 7.70. The smallest absolute Gasteiger partial charge is 0.237 e. The molecule has 0 aliphatic carbocycles. The highest BCUT2D eigenvalue weighted by molar-refractivity contribution is 5.82. The highest BCUT2D eigenvalue weighted by Gasteiger charge is 2.26. The summed E-state index contributed by atoms with van der Waals surface area (Å²) in [5, 5.41) is 2.84. The van der Waals surface area contributed by atoms with E-state index in [0.29, 0.717) is 19.8 Å². The quantitative estimate of drug-likeness (QED) is 0.751. The van der Waals surface area contributed by atoms with Crippen LogP contribution in [0.25, 0.3) is 0 Å². The number of carbonyl (C=O) groups excluding carboxylic acids is 1. The highest BCUT2D eigenvalue weighted by Crippen LogP contribution is 2.16. The summed E-state index contributed by atoms with van der Waals surface area (Å²) >= 11 is 0. The van der Waals surface area contributed by atoms with Crippen LogP contribution in [0.15, 0.2) is 30.3 Å². The molecule has 1 aromatic carbocycles. The van der Waals surface area contributed by atoms with Gasteiger partial charge in [0.1, 0.15) is 0 Å². The van der Waals surface area contributed by atoms with Crippen molar-refractivity contribution in [3.05, 3.63) is 35.9 Å². The van der Waals surface area contributed by atoms with E-state index in [4.69, 9.17) is 10.5 Å². The number of hydrogen-bond acceptors (Lipinski definition) is 3. The molecule has 0 unspecified atom stereocenters. The van der Waals surface area contributed by atoms with Gasteiger partial charge in [-0.1, -0.05) is 51.1 Å².